The molecule has 2 atom stereocenters. The second-order valence-electron chi connectivity index (χ2n) is 9.06. The van der Waals surface area contributed by atoms with Crippen LogP contribution >= 0.6 is 0 Å². The van der Waals surface area contributed by atoms with Gasteiger partial charge in [-0.3, -0.25) is 4.79 Å². The number of carbonyl (C=O) groups is 1. The SMILES string of the molecule is Cc1ccc(C(=O)[C@@H]2O[C@H]2c2ccccc2CCCCCCCCc2ccco2)c(C)c1. The van der Waals surface area contributed by atoms with Crippen molar-refractivity contribution in [3.63, 3.8) is 0 Å². The summed E-state index contributed by atoms with van der Waals surface area (Å²) in [5.74, 6) is 1.20. The quantitative estimate of drug-likeness (QED) is 0.171. The van der Waals surface area contributed by atoms with Crippen molar-refractivity contribution < 1.29 is 13.9 Å². The number of epoxide rings is 1. The van der Waals surface area contributed by atoms with Crippen molar-refractivity contribution in [3.05, 3.63) is 94.4 Å². The van der Waals surface area contributed by atoms with Gasteiger partial charge in [-0.1, -0.05) is 73.7 Å². The minimum absolute atomic E-state index is 0.0963. The molecule has 0 saturated carbocycles. The van der Waals surface area contributed by atoms with Crippen molar-refractivity contribution in [1.29, 1.82) is 0 Å². The topological polar surface area (TPSA) is 42.7 Å². The van der Waals surface area contributed by atoms with E-state index in [9.17, 15) is 4.79 Å². The first kappa shape index (κ1) is 22.5. The van der Waals surface area contributed by atoms with Gasteiger partial charge in [0.1, 0.15) is 11.9 Å². The first-order valence-corrected chi connectivity index (χ1v) is 12.0. The Kier molecular flexibility index (Phi) is 7.59. The van der Waals surface area contributed by atoms with Gasteiger partial charge in [0.15, 0.2) is 11.9 Å². The molecular weight excluding hydrogens is 396 g/mol. The van der Waals surface area contributed by atoms with E-state index < -0.39 is 0 Å². The van der Waals surface area contributed by atoms with E-state index in [-0.39, 0.29) is 18.0 Å². The van der Waals surface area contributed by atoms with Gasteiger partial charge in [-0.05, 0) is 61.9 Å². The van der Waals surface area contributed by atoms with E-state index in [2.05, 4.69) is 43.3 Å². The predicted molar refractivity (Wildman–Crippen MR) is 128 cm³/mol. The average Bonchev–Trinajstić information content (AvgIpc) is 3.41. The third kappa shape index (κ3) is 5.77. The van der Waals surface area contributed by atoms with Crippen LogP contribution in [-0.4, -0.2) is 11.9 Å². The van der Waals surface area contributed by atoms with Crippen LogP contribution in [0.2, 0.25) is 0 Å². The molecule has 1 aromatic heterocycles. The van der Waals surface area contributed by atoms with Crippen molar-refractivity contribution in [2.75, 3.05) is 0 Å². The summed E-state index contributed by atoms with van der Waals surface area (Å²) in [6, 6.07) is 18.5. The Balaban J connectivity index is 1.22. The lowest BCUT2D eigenvalue weighted by Crippen LogP contribution is -2.10. The summed E-state index contributed by atoms with van der Waals surface area (Å²) < 4.78 is 11.3. The summed E-state index contributed by atoms with van der Waals surface area (Å²) in [5.41, 5.74) is 5.50. The Morgan fingerprint density at radius 2 is 1.59 bits per heavy atom. The third-order valence-corrected chi connectivity index (χ3v) is 6.46. The highest BCUT2D eigenvalue weighted by Crippen LogP contribution is 2.42. The summed E-state index contributed by atoms with van der Waals surface area (Å²) in [4.78, 5) is 13.0. The zero-order valence-electron chi connectivity index (χ0n) is 19.3. The summed E-state index contributed by atoms with van der Waals surface area (Å²) in [7, 11) is 0. The number of carbonyl (C=O) groups excluding carboxylic acids is 1. The first-order chi connectivity index (χ1) is 15.6. The largest absolute Gasteiger partial charge is 0.469 e. The molecule has 1 aliphatic rings. The van der Waals surface area contributed by atoms with Gasteiger partial charge in [0.25, 0.3) is 0 Å². The van der Waals surface area contributed by atoms with Gasteiger partial charge in [-0.2, -0.15) is 0 Å². The van der Waals surface area contributed by atoms with Crippen LogP contribution in [0.15, 0.2) is 65.3 Å². The van der Waals surface area contributed by atoms with Crippen molar-refractivity contribution in [2.24, 2.45) is 0 Å². The van der Waals surface area contributed by atoms with Gasteiger partial charge in [0, 0.05) is 12.0 Å². The molecule has 1 aliphatic heterocycles. The van der Waals surface area contributed by atoms with E-state index in [0.717, 1.165) is 29.7 Å². The molecule has 0 unspecified atom stereocenters. The van der Waals surface area contributed by atoms with Crippen LogP contribution in [0.3, 0.4) is 0 Å². The Morgan fingerprint density at radius 1 is 0.844 bits per heavy atom. The standard InChI is InChI=1S/C29H34O3/c1-21-17-18-25(22(2)20-21)27(30)29-28(32-29)26-16-10-9-13-23(26)12-7-5-3-4-6-8-14-24-15-11-19-31-24/h9-11,13,15-20,28-29H,3-8,12,14H2,1-2H3/t28-,29-/m0/s1. The van der Waals surface area contributed by atoms with E-state index >= 15 is 0 Å². The molecule has 0 aliphatic carbocycles. The highest BCUT2D eigenvalue weighted by atomic mass is 16.6. The lowest BCUT2D eigenvalue weighted by atomic mass is 9.94. The molecule has 0 radical (unpaired) electrons. The highest BCUT2D eigenvalue weighted by Gasteiger charge is 2.47. The smallest absolute Gasteiger partial charge is 0.194 e. The molecule has 1 saturated heterocycles. The maximum Gasteiger partial charge on any atom is 0.194 e. The fourth-order valence-electron chi connectivity index (χ4n) is 4.61. The van der Waals surface area contributed by atoms with Crippen LogP contribution in [0.25, 0.3) is 0 Å². The van der Waals surface area contributed by atoms with E-state index in [1.54, 1.807) is 6.26 Å². The number of hydrogen-bond acceptors (Lipinski definition) is 3. The number of unbranched alkanes of at least 4 members (excludes halogenated alkanes) is 5. The summed E-state index contributed by atoms with van der Waals surface area (Å²) in [6.07, 6.45) is 10.8. The Labute approximate surface area is 191 Å². The number of hydrogen-bond donors (Lipinski definition) is 0. The van der Waals surface area contributed by atoms with E-state index in [1.165, 1.54) is 55.2 Å². The molecule has 2 heterocycles. The summed E-state index contributed by atoms with van der Waals surface area (Å²) in [5, 5.41) is 0. The molecule has 3 nitrogen and oxygen atoms in total. The number of aryl methyl sites for hydroxylation is 4. The maximum absolute atomic E-state index is 13.0. The molecule has 3 heteroatoms. The lowest BCUT2D eigenvalue weighted by Gasteiger charge is -2.08. The lowest BCUT2D eigenvalue weighted by molar-refractivity contribution is 0.0953. The maximum atomic E-state index is 13.0. The molecule has 0 N–H and O–H groups in total. The number of ether oxygens (including phenoxy) is 1. The van der Waals surface area contributed by atoms with Crippen molar-refractivity contribution in [1.82, 2.24) is 0 Å². The Morgan fingerprint density at radius 3 is 2.34 bits per heavy atom. The average molecular weight is 431 g/mol. The minimum atomic E-state index is -0.341. The normalized spacial score (nSPS) is 17.4. The first-order valence-electron chi connectivity index (χ1n) is 12.0. The molecule has 4 rings (SSSR count). The van der Waals surface area contributed by atoms with Crippen LogP contribution in [-0.2, 0) is 17.6 Å². The molecule has 2 aromatic carbocycles. The molecule has 3 aromatic rings. The van der Waals surface area contributed by atoms with Gasteiger partial charge >= 0.3 is 0 Å². The Hall–Kier alpha value is -2.65. The monoisotopic (exact) mass is 430 g/mol. The number of Topliss-reactive ketones (excluding diaryl/α,β-unsaturated/α-hetero) is 1. The highest BCUT2D eigenvalue weighted by molar-refractivity contribution is 6.02. The number of ketones is 1. The van der Waals surface area contributed by atoms with Crippen molar-refractivity contribution >= 4 is 5.78 Å². The molecule has 1 fully saturated rings. The van der Waals surface area contributed by atoms with Gasteiger partial charge in [-0.25, -0.2) is 0 Å². The van der Waals surface area contributed by atoms with Gasteiger partial charge in [0.05, 0.1) is 6.26 Å². The van der Waals surface area contributed by atoms with E-state index in [1.807, 2.05) is 25.1 Å². The molecule has 168 valence electrons. The van der Waals surface area contributed by atoms with Crippen LogP contribution < -0.4 is 0 Å². The van der Waals surface area contributed by atoms with Gasteiger partial charge in [0.2, 0.25) is 0 Å². The third-order valence-electron chi connectivity index (χ3n) is 6.46. The zero-order valence-corrected chi connectivity index (χ0v) is 19.3. The zero-order chi connectivity index (χ0) is 22.3. The van der Waals surface area contributed by atoms with Crippen LogP contribution in [0.4, 0.5) is 0 Å². The second-order valence-corrected chi connectivity index (χ2v) is 9.06. The van der Waals surface area contributed by atoms with Crippen molar-refractivity contribution in [2.45, 2.75) is 77.4 Å². The van der Waals surface area contributed by atoms with Gasteiger partial charge < -0.3 is 9.15 Å². The summed E-state index contributed by atoms with van der Waals surface area (Å²) in [6.45, 7) is 4.05. The number of rotatable bonds is 12. The minimum Gasteiger partial charge on any atom is -0.469 e. The number of furan rings is 1. The molecular formula is C29H34O3. The van der Waals surface area contributed by atoms with Gasteiger partial charge in [-0.15, -0.1) is 0 Å². The second kappa shape index (κ2) is 10.8. The molecule has 0 amide bonds. The molecule has 0 spiro atoms. The van der Waals surface area contributed by atoms with Crippen LogP contribution in [0, 0.1) is 13.8 Å². The Bertz CT molecular complexity index is 1020. The van der Waals surface area contributed by atoms with E-state index in [4.69, 9.17) is 9.15 Å². The van der Waals surface area contributed by atoms with Crippen LogP contribution in [0.1, 0.15) is 83.0 Å². The molecule has 0 bridgehead atoms. The van der Waals surface area contributed by atoms with Crippen LogP contribution in [0.5, 0.6) is 0 Å². The van der Waals surface area contributed by atoms with Crippen molar-refractivity contribution in [3.8, 4) is 0 Å². The fraction of sp³-hybridized carbons (Fsp3) is 0.414. The predicted octanol–water partition coefficient (Wildman–Crippen LogP) is 7.35. The fourth-order valence-corrected chi connectivity index (χ4v) is 4.61. The summed E-state index contributed by atoms with van der Waals surface area (Å²) >= 11 is 0. The van der Waals surface area contributed by atoms with E-state index in [0.29, 0.717) is 0 Å². The molecule has 32 heavy (non-hydrogen) atoms. The number of benzene rings is 2.